The molecular formula is C17H37IN4. The molecule has 2 unspecified atom stereocenters. The lowest BCUT2D eigenvalue weighted by Gasteiger charge is -2.34. The highest BCUT2D eigenvalue weighted by Gasteiger charge is 2.21. The van der Waals surface area contributed by atoms with E-state index in [2.05, 4.69) is 62.1 Å². The zero-order valence-corrected chi connectivity index (χ0v) is 17.7. The Morgan fingerprint density at radius 3 is 2.27 bits per heavy atom. The summed E-state index contributed by atoms with van der Waals surface area (Å²) in [5.74, 6) is 2.62. The van der Waals surface area contributed by atoms with Crippen molar-refractivity contribution in [3.05, 3.63) is 0 Å². The van der Waals surface area contributed by atoms with Crippen molar-refractivity contribution in [2.24, 2.45) is 16.8 Å². The molecule has 5 heteroatoms. The van der Waals surface area contributed by atoms with Crippen LogP contribution in [0.3, 0.4) is 0 Å². The topological polar surface area (TPSA) is 39.7 Å². The van der Waals surface area contributed by atoms with Crippen molar-refractivity contribution >= 4 is 29.9 Å². The van der Waals surface area contributed by atoms with Gasteiger partial charge in [0.15, 0.2) is 5.96 Å². The first-order valence-electron chi connectivity index (χ1n) is 8.59. The van der Waals surface area contributed by atoms with Crippen LogP contribution in [-0.4, -0.2) is 49.1 Å². The molecular weight excluding hydrogens is 387 g/mol. The number of rotatable bonds is 5. The Balaban J connectivity index is 0.00000441. The Morgan fingerprint density at radius 2 is 1.77 bits per heavy atom. The minimum atomic E-state index is 0. The lowest BCUT2D eigenvalue weighted by atomic mass is 9.92. The number of nitrogens with zero attached hydrogens (tertiary/aromatic N) is 2. The Hall–Kier alpha value is -0.0400. The van der Waals surface area contributed by atoms with Gasteiger partial charge in [0.05, 0.1) is 0 Å². The molecule has 0 aliphatic carbocycles. The molecule has 2 N–H and O–H groups in total. The SMILES string of the molecule is CCNC(=NCCCN1CC(C)CC(C)C1)NC(C)(C)C.I. The van der Waals surface area contributed by atoms with E-state index in [1.165, 1.54) is 26.1 Å². The van der Waals surface area contributed by atoms with E-state index in [0.717, 1.165) is 37.3 Å². The molecule has 0 aromatic carbocycles. The van der Waals surface area contributed by atoms with Crippen LogP contribution in [0.4, 0.5) is 0 Å². The van der Waals surface area contributed by atoms with E-state index >= 15 is 0 Å². The molecule has 1 saturated heterocycles. The van der Waals surface area contributed by atoms with Crippen molar-refractivity contribution in [2.75, 3.05) is 32.7 Å². The quantitative estimate of drug-likeness (QED) is 0.308. The molecule has 1 fully saturated rings. The molecule has 0 radical (unpaired) electrons. The predicted octanol–water partition coefficient (Wildman–Crippen LogP) is 3.33. The second-order valence-corrected chi connectivity index (χ2v) is 7.69. The van der Waals surface area contributed by atoms with Crippen molar-refractivity contribution in [3.63, 3.8) is 0 Å². The first kappa shape index (κ1) is 22.0. The second-order valence-electron chi connectivity index (χ2n) is 7.69. The number of hydrogen-bond acceptors (Lipinski definition) is 2. The number of nitrogens with one attached hydrogen (secondary N) is 2. The van der Waals surface area contributed by atoms with Gasteiger partial charge < -0.3 is 15.5 Å². The zero-order valence-electron chi connectivity index (χ0n) is 15.4. The van der Waals surface area contributed by atoms with Crippen LogP contribution >= 0.6 is 24.0 Å². The second kappa shape index (κ2) is 10.7. The van der Waals surface area contributed by atoms with E-state index in [9.17, 15) is 0 Å². The summed E-state index contributed by atoms with van der Waals surface area (Å²) in [7, 11) is 0. The third kappa shape index (κ3) is 9.87. The summed E-state index contributed by atoms with van der Waals surface area (Å²) >= 11 is 0. The molecule has 0 amide bonds. The molecule has 1 heterocycles. The van der Waals surface area contributed by atoms with Gasteiger partial charge in [-0.25, -0.2) is 0 Å². The molecule has 0 bridgehead atoms. The number of hydrogen-bond donors (Lipinski definition) is 2. The maximum Gasteiger partial charge on any atom is 0.191 e. The summed E-state index contributed by atoms with van der Waals surface area (Å²) in [6, 6.07) is 0. The Labute approximate surface area is 154 Å². The van der Waals surface area contributed by atoms with Gasteiger partial charge in [0, 0.05) is 31.7 Å². The van der Waals surface area contributed by atoms with Crippen molar-refractivity contribution in [3.8, 4) is 0 Å². The Bertz CT molecular complexity index is 315. The van der Waals surface area contributed by atoms with Crippen molar-refractivity contribution in [1.29, 1.82) is 0 Å². The van der Waals surface area contributed by atoms with Gasteiger partial charge in [-0.2, -0.15) is 0 Å². The van der Waals surface area contributed by atoms with Crippen molar-refractivity contribution in [1.82, 2.24) is 15.5 Å². The lowest BCUT2D eigenvalue weighted by molar-refractivity contribution is 0.140. The normalized spacial score (nSPS) is 23.8. The lowest BCUT2D eigenvalue weighted by Crippen LogP contribution is -2.47. The number of likely N-dealkylation sites (tertiary alicyclic amines) is 1. The van der Waals surface area contributed by atoms with Crippen LogP contribution in [0.15, 0.2) is 4.99 Å². The molecule has 0 aromatic heterocycles. The first-order valence-corrected chi connectivity index (χ1v) is 8.59. The van der Waals surface area contributed by atoms with Gasteiger partial charge in [-0.15, -0.1) is 24.0 Å². The molecule has 4 nitrogen and oxygen atoms in total. The molecule has 0 aromatic rings. The predicted molar refractivity (Wildman–Crippen MR) is 108 cm³/mol. The fourth-order valence-corrected chi connectivity index (χ4v) is 3.12. The summed E-state index contributed by atoms with van der Waals surface area (Å²) in [6.45, 7) is 18.8. The molecule has 1 aliphatic rings. The molecule has 0 spiro atoms. The average molecular weight is 424 g/mol. The third-order valence-corrected chi connectivity index (χ3v) is 3.68. The Morgan fingerprint density at radius 1 is 1.18 bits per heavy atom. The van der Waals surface area contributed by atoms with Crippen LogP contribution in [0.2, 0.25) is 0 Å². The summed E-state index contributed by atoms with van der Waals surface area (Å²) in [5, 5.41) is 6.75. The molecule has 2 atom stereocenters. The standard InChI is InChI=1S/C17H36N4.HI/c1-7-18-16(20-17(4,5)6)19-9-8-10-21-12-14(2)11-15(3)13-21;/h14-15H,7-13H2,1-6H3,(H2,18,19,20);1H. The van der Waals surface area contributed by atoms with E-state index in [-0.39, 0.29) is 29.5 Å². The van der Waals surface area contributed by atoms with Gasteiger partial charge in [-0.3, -0.25) is 4.99 Å². The van der Waals surface area contributed by atoms with Crippen molar-refractivity contribution in [2.45, 2.75) is 59.9 Å². The fraction of sp³-hybridized carbons (Fsp3) is 0.941. The number of halogens is 1. The highest BCUT2D eigenvalue weighted by molar-refractivity contribution is 14.0. The largest absolute Gasteiger partial charge is 0.357 e. The van der Waals surface area contributed by atoms with E-state index in [1.807, 2.05) is 0 Å². The smallest absolute Gasteiger partial charge is 0.191 e. The maximum absolute atomic E-state index is 4.69. The van der Waals surface area contributed by atoms with E-state index in [0.29, 0.717) is 0 Å². The number of guanidine groups is 1. The third-order valence-electron chi connectivity index (χ3n) is 3.68. The average Bonchev–Trinajstić information content (AvgIpc) is 2.31. The maximum atomic E-state index is 4.69. The minimum absolute atomic E-state index is 0. The first-order chi connectivity index (χ1) is 9.80. The fourth-order valence-electron chi connectivity index (χ4n) is 3.12. The molecule has 22 heavy (non-hydrogen) atoms. The molecule has 1 rings (SSSR count). The number of piperidine rings is 1. The van der Waals surface area contributed by atoms with Crippen LogP contribution in [0, 0.1) is 11.8 Å². The summed E-state index contributed by atoms with van der Waals surface area (Å²) in [5.41, 5.74) is 0.0543. The van der Waals surface area contributed by atoms with Crippen LogP contribution < -0.4 is 10.6 Å². The molecule has 0 saturated carbocycles. The summed E-state index contributed by atoms with van der Waals surface area (Å²) in [6.07, 6.45) is 2.52. The summed E-state index contributed by atoms with van der Waals surface area (Å²) < 4.78 is 0. The van der Waals surface area contributed by atoms with Crippen LogP contribution in [0.5, 0.6) is 0 Å². The van der Waals surface area contributed by atoms with Gasteiger partial charge in [0.25, 0.3) is 0 Å². The van der Waals surface area contributed by atoms with Gasteiger partial charge in [0.2, 0.25) is 0 Å². The van der Waals surface area contributed by atoms with Crippen molar-refractivity contribution < 1.29 is 0 Å². The van der Waals surface area contributed by atoms with E-state index in [1.54, 1.807) is 0 Å². The van der Waals surface area contributed by atoms with Gasteiger partial charge >= 0.3 is 0 Å². The monoisotopic (exact) mass is 424 g/mol. The number of aliphatic imine (C=N–C) groups is 1. The van der Waals surface area contributed by atoms with Crippen LogP contribution in [-0.2, 0) is 0 Å². The van der Waals surface area contributed by atoms with Gasteiger partial charge in [0.1, 0.15) is 0 Å². The minimum Gasteiger partial charge on any atom is -0.357 e. The zero-order chi connectivity index (χ0) is 15.9. The van der Waals surface area contributed by atoms with Crippen LogP contribution in [0.1, 0.15) is 54.4 Å². The molecule has 1 aliphatic heterocycles. The van der Waals surface area contributed by atoms with Crippen LogP contribution in [0.25, 0.3) is 0 Å². The molecule has 132 valence electrons. The highest BCUT2D eigenvalue weighted by Crippen LogP contribution is 2.20. The van der Waals surface area contributed by atoms with Gasteiger partial charge in [-0.1, -0.05) is 13.8 Å². The van der Waals surface area contributed by atoms with Gasteiger partial charge in [-0.05, 0) is 58.9 Å². The van der Waals surface area contributed by atoms with E-state index < -0.39 is 0 Å². The Kier molecular flexibility index (Phi) is 10.7. The summed E-state index contributed by atoms with van der Waals surface area (Å²) in [4.78, 5) is 7.30. The van der Waals surface area contributed by atoms with E-state index in [4.69, 9.17) is 0 Å². The highest BCUT2D eigenvalue weighted by atomic mass is 127.